The van der Waals surface area contributed by atoms with E-state index in [9.17, 15) is 9.59 Å². The second kappa shape index (κ2) is 8.68. The summed E-state index contributed by atoms with van der Waals surface area (Å²) in [4.78, 5) is 23.8. The van der Waals surface area contributed by atoms with Crippen LogP contribution in [0, 0.1) is 0 Å². The highest BCUT2D eigenvalue weighted by molar-refractivity contribution is 14.1. The monoisotopic (exact) mass is 472 g/mol. The number of hydrogen-bond acceptors (Lipinski definition) is 2. The van der Waals surface area contributed by atoms with Gasteiger partial charge < -0.3 is 10.6 Å². The molecule has 0 spiro atoms. The van der Waals surface area contributed by atoms with Gasteiger partial charge in [0.05, 0.1) is 11.1 Å². The molecule has 0 radical (unpaired) electrons. The lowest BCUT2D eigenvalue weighted by molar-refractivity contribution is 0.0922. The molecule has 0 saturated heterocycles. The smallest absolute Gasteiger partial charge is 0.252 e. The van der Waals surface area contributed by atoms with Crippen molar-refractivity contribution in [3.63, 3.8) is 0 Å². The van der Waals surface area contributed by atoms with Gasteiger partial charge in [0.2, 0.25) is 0 Å². The first kappa shape index (κ1) is 15.7. The van der Waals surface area contributed by atoms with Crippen molar-refractivity contribution in [3.05, 3.63) is 35.4 Å². The van der Waals surface area contributed by atoms with Gasteiger partial charge in [0, 0.05) is 21.9 Å². The van der Waals surface area contributed by atoms with E-state index in [0.29, 0.717) is 24.2 Å². The van der Waals surface area contributed by atoms with Gasteiger partial charge in [-0.25, -0.2) is 0 Å². The zero-order valence-corrected chi connectivity index (χ0v) is 14.0. The van der Waals surface area contributed by atoms with E-state index in [4.69, 9.17) is 0 Å². The number of carbonyl (C=O) groups is 2. The second-order valence-corrected chi connectivity index (χ2v) is 5.59. The molecule has 2 N–H and O–H groups in total. The van der Waals surface area contributed by atoms with Crippen LogP contribution in [0.3, 0.4) is 0 Å². The van der Waals surface area contributed by atoms with E-state index in [0.717, 1.165) is 8.86 Å². The summed E-state index contributed by atoms with van der Waals surface area (Å²) >= 11 is 4.37. The van der Waals surface area contributed by atoms with Gasteiger partial charge in [-0.1, -0.05) is 57.3 Å². The molecule has 0 heterocycles. The number of nitrogens with one attached hydrogen (secondary N) is 2. The molecule has 0 aliphatic carbocycles. The second-order valence-electron chi connectivity index (χ2n) is 3.44. The number of rotatable bonds is 6. The third-order valence-electron chi connectivity index (χ3n) is 2.18. The molecule has 0 saturated carbocycles. The van der Waals surface area contributed by atoms with E-state index in [2.05, 4.69) is 55.8 Å². The Morgan fingerprint density at radius 1 is 0.889 bits per heavy atom. The molecule has 1 aromatic rings. The van der Waals surface area contributed by atoms with Crippen LogP contribution in [0.25, 0.3) is 0 Å². The first-order valence-electron chi connectivity index (χ1n) is 5.48. The van der Waals surface area contributed by atoms with Crippen LogP contribution in [0.15, 0.2) is 24.3 Å². The number of halogens is 2. The molecule has 2 amide bonds. The van der Waals surface area contributed by atoms with E-state index in [1.807, 2.05) is 0 Å². The van der Waals surface area contributed by atoms with Gasteiger partial charge >= 0.3 is 0 Å². The van der Waals surface area contributed by atoms with Crippen molar-refractivity contribution >= 4 is 57.0 Å². The van der Waals surface area contributed by atoms with Crippen LogP contribution in [0.4, 0.5) is 0 Å². The van der Waals surface area contributed by atoms with Gasteiger partial charge in [-0.3, -0.25) is 9.59 Å². The summed E-state index contributed by atoms with van der Waals surface area (Å²) < 4.78 is 1.68. The van der Waals surface area contributed by atoms with Crippen molar-refractivity contribution in [2.75, 3.05) is 21.9 Å². The topological polar surface area (TPSA) is 58.2 Å². The van der Waals surface area contributed by atoms with E-state index >= 15 is 0 Å². The van der Waals surface area contributed by atoms with Crippen LogP contribution in [-0.4, -0.2) is 33.8 Å². The lowest BCUT2D eigenvalue weighted by atomic mass is 10.1. The first-order valence-corrected chi connectivity index (χ1v) is 8.53. The quantitative estimate of drug-likeness (QED) is 0.492. The fourth-order valence-corrected chi connectivity index (χ4v) is 1.93. The number of alkyl halides is 2. The summed E-state index contributed by atoms with van der Waals surface area (Å²) in [5.41, 5.74) is 0.849. The van der Waals surface area contributed by atoms with Crippen LogP contribution in [0.2, 0.25) is 0 Å². The molecular formula is C12H14I2N2O2. The molecule has 98 valence electrons. The molecule has 0 aliphatic rings. The molecule has 1 rings (SSSR count). The zero-order chi connectivity index (χ0) is 13.4. The molecule has 0 bridgehead atoms. The summed E-state index contributed by atoms with van der Waals surface area (Å²) in [7, 11) is 0. The van der Waals surface area contributed by atoms with Gasteiger partial charge in [0.1, 0.15) is 0 Å². The SMILES string of the molecule is O=C(NCCI)c1ccccc1C(=O)NCCI. The van der Waals surface area contributed by atoms with Crippen LogP contribution in [0.5, 0.6) is 0 Å². The Bertz CT molecular complexity index is 385. The largest absolute Gasteiger partial charge is 0.351 e. The van der Waals surface area contributed by atoms with Gasteiger partial charge in [-0.05, 0) is 12.1 Å². The van der Waals surface area contributed by atoms with Crippen LogP contribution < -0.4 is 10.6 Å². The molecule has 0 atom stereocenters. The van der Waals surface area contributed by atoms with Crippen molar-refractivity contribution in [2.45, 2.75) is 0 Å². The predicted molar refractivity (Wildman–Crippen MR) is 88.9 cm³/mol. The average molecular weight is 472 g/mol. The molecule has 6 heteroatoms. The Kier molecular flexibility index (Phi) is 7.56. The fourth-order valence-electron chi connectivity index (χ4n) is 1.39. The highest BCUT2D eigenvalue weighted by Crippen LogP contribution is 2.08. The van der Waals surface area contributed by atoms with E-state index in [1.54, 1.807) is 24.3 Å². The Morgan fingerprint density at radius 2 is 1.28 bits per heavy atom. The zero-order valence-electron chi connectivity index (χ0n) is 9.71. The van der Waals surface area contributed by atoms with Crippen molar-refractivity contribution in [1.29, 1.82) is 0 Å². The highest BCUT2D eigenvalue weighted by atomic mass is 127. The standard InChI is InChI=1S/C12H14I2N2O2/c13-5-7-15-11(17)9-3-1-2-4-10(9)12(18)16-8-6-14/h1-4H,5-8H2,(H,15,17)(H,16,18). The number of carbonyl (C=O) groups excluding carboxylic acids is 2. The van der Waals surface area contributed by atoms with Gasteiger partial charge in [0.15, 0.2) is 0 Å². The molecule has 4 nitrogen and oxygen atoms in total. The molecule has 18 heavy (non-hydrogen) atoms. The van der Waals surface area contributed by atoms with E-state index in [-0.39, 0.29) is 11.8 Å². The van der Waals surface area contributed by atoms with Crippen LogP contribution >= 0.6 is 45.2 Å². The summed E-state index contributed by atoms with van der Waals surface area (Å²) in [5.74, 6) is -0.404. The minimum Gasteiger partial charge on any atom is -0.351 e. The van der Waals surface area contributed by atoms with Crippen molar-refractivity contribution in [2.24, 2.45) is 0 Å². The minimum absolute atomic E-state index is 0.202. The van der Waals surface area contributed by atoms with Crippen molar-refractivity contribution in [3.8, 4) is 0 Å². The molecule has 0 fully saturated rings. The maximum absolute atomic E-state index is 11.9. The fraction of sp³-hybridized carbons (Fsp3) is 0.333. The summed E-state index contributed by atoms with van der Waals surface area (Å²) in [6.07, 6.45) is 0. The Balaban J connectivity index is 2.85. The molecule has 1 aromatic carbocycles. The molecule has 0 unspecified atom stereocenters. The first-order chi connectivity index (χ1) is 8.70. The number of amides is 2. The van der Waals surface area contributed by atoms with Gasteiger partial charge in [-0.15, -0.1) is 0 Å². The summed E-state index contributed by atoms with van der Waals surface area (Å²) in [6, 6.07) is 6.85. The van der Waals surface area contributed by atoms with E-state index < -0.39 is 0 Å². The molecular weight excluding hydrogens is 458 g/mol. The Hall–Kier alpha value is -0.380. The van der Waals surface area contributed by atoms with Crippen molar-refractivity contribution in [1.82, 2.24) is 10.6 Å². The van der Waals surface area contributed by atoms with Crippen LogP contribution in [-0.2, 0) is 0 Å². The van der Waals surface area contributed by atoms with Crippen molar-refractivity contribution < 1.29 is 9.59 Å². The number of benzene rings is 1. The van der Waals surface area contributed by atoms with Gasteiger partial charge in [-0.2, -0.15) is 0 Å². The predicted octanol–water partition coefficient (Wildman–Crippen LogP) is 2.02. The lowest BCUT2D eigenvalue weighted by Gasteiger charge is -2.09. The third-order valence-corrected chi connectivity index (χ3v) is 3.26. The molecule has 0 aromatic heterocycles. The van der Waals surface area contributed by atoms with Gasteiger partial charge in [0.25, 0.3) is 11.8 Å². The normalized spacial score (nSPS) is 9.89. The summed E-state index contributed by atoms with van der Waals surface area (Å²) in [6.45, 7) is 1.20. The van der Waals surface area contributed by atoms with E-state index in [1.165, 1.54) is 0 Å². The number of hydrogen-bond donors (Lipinski definition) is 2. The maximum atomic E-state index is 11.9. The lowest BCUT2D eigenvalue weighted by Crippen LogP contribution is -2.31. The highest BCUT2D eigenvalue weighted by Gasteiger charge is 2.15. The third kappa shape index (κ3) is 4.71. The summed E-state index contributed by atoms with van der Waals surface area (Å²) in [5, 5.41) is 5.54. The average Bonchev–Trinajstić information content (AvgIpc) is 2.42. The Labute approximate surface area is 134 Å². The maximum Gasteiger partial charge on any atom is 0.252 e. The molecule has 0 aliphatic heterocycles. The van der Waals surface area contributed by atoms with Crippen LogP contribution in [0.1, 0.15) is 20.7 Å². The Morgan fingerprint density at radius 3 is 1.61 bits per heavy atom. The minimum atomic E-state index is -0.202.